The van der Waals surface area contributed by atoms with Crippen LogP contribution in [0, 0.1) is 0 Å². The topological polar surface area (TPSA) is 55.6 Å². The Balaban J connectivity index is 1.70. The minimum absolute atomic E-state index is 0.351. The molecule has 0 radical (unpaired) electrons. The zero-order valence-corrected chi connectivity index (χ0v) is 14.0. The Morgan fingerprint density at radius 3 is 2.83 bits per heavy atom. The molecule has 0 bridgehead atoms. The van der Waals surface area contributed by atoms with E-state index >= 15 is 0 Å². The van der Waals surface area contributed by atoms with Gasteiger partial charge in [-0.25, -0.2) is 4.98 Å². The van der Waals surface area contributed by atoms with E-state index < -0.39 is 5.92 Å². The average molecular weight is 343 g/mol. The molecule has 0 amide bonds. The van der Waals surface area contributed by atoms with E-state index in [1.54, 1.807) is 18.2 Å². The minimum atomic E-state index is -0.547. The lowest BCUT2D eigenvalue weighted by atomic mass is 9.95. The summed E-state index contributed by atoms with van der Waals surface area (Å²) in [6, 6.07) is 11.0. The Morgan fingerprint density at radius 2 is 2.04 bits per heavy atom. The van der Waals surface area contributed by atoms with Crippen LogP contribution in [0.15, 0.2) is 40.8 Å². The van der Waals surface area contributed by atoms with Gasteiger partial charge >= 0.3 is 5.97 Å². The van der Waals surface area contributed by atoms with E-state index in [-0.39, 0.29) is 5.97 Å². The Labute approximate surface area is 143 Å². The van der Waals surface area contributed by atoms with Gasteiger partial charge in [0.05, 0.1) is 0 Å². The van der Waals surface area contributed by atoms with Gasteiger partial charge in [-0.15, -0.1) is 0 Å². The van der Waals surface area contributed by atoms with Crippen molar-refractivity contribution in [3.63, 3.8) is 0 Å². The van der Waals surface area contributed by atoms with Crippen molar-refractivity contribution in [2.24, 2.45) is 0 Å². The lowest BCUT2D eigenvalue weighted by Gasteiger charge is -2.23. The van der Waals surface area contributed by atoms with Crippen LogP contribution in [0.25, 0.3) is 11.1 Å². The third-order valence-electron chi connectivity index (χ3n) is 4.15. The molecule has 6 heteroatoms. The summed E-state index contributed by atoms with van der Waals surface area (Å²) >= 11 is 5.97. The molecule has 1 atom stereocenters. The van der Waals surface area contributed by atoms with Crippen LogP contribution < -0.4 is 9.64 Å². The highest BCUT2D eigenvalue weighted by Gasteiger charge is 2.34. The van der Waals surface area contributed by atoms with Crippen molar-refractivity contribution < 1.29 is 13.9 Å². The minimum Gasteiger partial charge on any atom is -0.440 e. The number of rotatable bonds is 2. The van der Waals surface area contributed by atoms with Gasteiger partial charge in [-0.05, 0) is 36.2 Å². The maximum absolute atomic E-state index is 12.4. The molecule has 0 aliphatic carbocycles. The summed E-state index contributed by atoms with van der Waals surface area (Å²) in [5, 5.41) is 0.579. The Hall–Kier alpha value is -2.53. The van der Waals surface area contributed by atoms with Crippen LogP contribution >= 0.6 is 11.6 Å². The molecule has 1 aliphatic rings. The van der Waals surface area contributed by atoms with E-state index in [1.165, 1.54) is 0 Å². The molecule has 0 fully saturated rings. The Bertz CT molecular complexity index is 949. The van der Waals surface area contributed by atoms with Crippen LogP contribution in [-0.2, 0) is 11.2 Å². The van der Waals surface area contributed by atoms with Crippen molar-refractivity contribution in [2.75, 3.05) is 19.0 Å². The standard InChI is InChI=1S/C18H15ClN2O3/c1-21(2)12-5-3-10-7-13(18(22)24-16(10)9-12)17-20-14-8-11(19)4-6-15(14)23-17/h3-6,8-9,13H,7H2,1-2H3. The third kappa shape index (κ3) is 2.51. The number of nitrogens with zero attached hydrogens (tertiary/aromatic N) is 2. The predicted octanol–water partition coefficient (Wildman–Crippen LogP) is 3.79. The van der Waals surface area contributed by atoms with Gasteiger partial charge in [-0.3, -0.25) is 4.79 Å². The number of halogens is 1. The molecule has 4 rings (SSSR count). The van der Waals surface area contributed by atoms with Crippen molar-refractivity contribution in [1.82, 2.24) is 4.98 Å². The Morgan fingerprint density at radius 1 is 1.21 bits per heavy atom. The van der Waals surface area contributed by atoms with Gasteiger partial charge < -0.3 is 14.1 Å². The molecule has 1 unspecified atom stereocenters. The SMILES string of the molecule is CN(C)c1ccc2c(c1)OC(=O)C(c1nc3cc(Cl)ccc3o1)C2. The molecule has 0 saturated carbocycles. The van der Waals surface area contributed by atoms with Crippen LogP contribution in [0.2, 0.25) is 5.02 Å². The molecule has 3 aromatic rings. The van der Waals surface area contributed by atoms with Gasteiger partial charge in [-0.2, -0.15) is 0 Å². The Kier molecular flexibility index (Phi) is 3.46. The largest absolute Gasteiger partial charge is 0.440 e. The third-order valence-corrected chi connectivity index (χ3v) is 4.39. The number of esters is 1. The fourth-order valence-electron chi connectivity index (χ4n) is 2.82. The van der Waals surface area contributed by atoms with E-state index in [2.05, 4.69) is 4.98 Å². The van der Waals surface area contributed by atoms with E-state index in [4.69, 9.17) is 20.8 Å². The smallest absolute Gasteiger partial charge is 0.324 e. The first-order valence-electron chi connectivity index (χ1n) is 7.59. The number of hydrogen-bond acceptors (Lipinski definition) is 5. The predicted molar refractivity (Wildman–Crippen MR) is 91.9 cm³/mol. The molecule has 2 aromatic carbocycles. The number of oxazole rings is 1. The highest BCUT2D eigenvalue weighted by Crippen LogP contribution is 2.36. The van der Waals surface area contributed by atoms with E-state index in [9.17, 15) is 4.79 Å². The van der Waals surface area contributed by atoms with Crippen LogP contribution in [-0.4, -0.2) is 25.0 Å². The molecule has 0 N–H and O–H groups in total. The molecule has 2 heterocycles. The van der Waals surface area contributed by atoms with E-state index in [0.717, 1.165) is 11.3 Å². The summed E-state index contributed by atoms with van der Waals surface area (Å²) < 4.78 is 11.2. The molecule has 1 aromatic heterocycles. The molecular weight excluding hydrogens is 328 g/mol. The second kappa shape index (κ2) is 5.53. The second-order valence-electron chi connectivity index (χ2n) is 6.03. The first-order valence-corrected chi connectivity index (χ1v) is 7.97. The summed E-state index contributed by atoms with van der Waals surface area (Å²) in [5.74, 6) is 0.0612. The number of ether oxygens (including phenoxy) is 1. The van der Waals surface area contributed by atoms with Gasteiger partial charge in [0.2, 0.25) is 5.89 Å². The number of carbonyl (C=O) groups is 1. The van der Waals surface area contributed by atoms with Crippen LogP contribution in [0.1, 0.15) is 17.4 Å². The first kappa shape index (κ1) is 15.0. The number of benzene rings is 2. The number of aromatic nitrogens is 1. The van der Waals surface area contributed by atoms with Crippen LogP contribution in [0.5, 0.6) is 5.75 Å². The van der Waals surface area contributed by atoms with Crippen molar-refractivity contribution in [2.45, 2.75) is 12.3 Å². The van der Waals surface area contributed by atoms with Crippen molar-refractivity contribution >= 4 is 34.4 Å². The van der Waals surface area contributed by atoms with Crippen molar-refractivity contribution in [3.05, 3.63) is 52.9 Å². The number of carbonyl (C=O) groups excluding carboxylic acids is 1. The fraction of sp³-hybridized carbons (Fsp3) is 0.222. The first-order chi connectivity index (χ1) is 11.5. The van der Waals surface area contributed by atoms with E-state index in [1.807, 2.05) is 37.2 Å². The molecule has 24 heavy (non-hydrogen) atoms. The van der Waals surface area contributed by atoms with Crippen LogP contribution in [0.3, 0.4) is 0 Å². The van der Waals surface area contributed by atoms with Crippen LogP contribution in [0.4, 0.5) is 5.69 Å². The van der Waals surface area contributed by atoms with Crippen molar-refractivity contribution in [1.29, 1.82) is 0 Å². The van der Waals surface area contributed by atoms with Gasteiger partial charge in [-0.1, -0.05) is 17.7 Å². The molecule has 122 valence electrons. The zero-order chi connectivity index (χ0) is 16.8. The number of anilines is 1. The summed E-state index contributed by atoms with van der Waals surface area (Å²) in [4.78, 5) is 18.8. The average Bonchev–Trinajstić information content (AvgIpc) is 2.96. The zero-order valence-electron chi connectivity index (χ0n) is 13.2. The number of fused-ring (bicyclic) bond motifs is 2. The molecule has 0 spiro atoms. The summed E-state index contributed by atoms with van der Waals surface area (Å²) in [6.07, 6.45) is 0.502. The van der Waals surface area contributed by atoms with Gasteiger partial charge in [0, 0.05) is 30.9 Å². The molecular formula is C18H15ClN2O3. The summed E-state index contributed by atoms with van der Waals surface area (Å²) in [5.41, 5.74) is 3.19. The highest BCUT2D eigenvalue weighted by atomic mass is 35.5. The van der Waals surface area contributed by atoms with E-state index in [0.29, 0.717) is 34.2 Å². The molecule has 5 nitrogen and oxygen atoms in total. The normalized spacial score (nSPS) is 16.8. The van der Waals surface area contributed by atoms with Crippen molar-refractivity contribution in [3.8, 4) is 5.75 Å². The second-order valence-corrected chi connectivity index (χ2v) is 6.46. The summed E-state index contributed by atoms with van der Waals surface area (Å²) in [7, 11) is 3.89. The van der Waals surface area contributed by atoms with Gasteiger partial charge in [0.25, 0.3) is 0 Å². The maximum Gasteiger partial charge on any atom is 0.324 e. The molecule has 1 aliphatic heterocycles. The quantitative estimate of drug-likeness (QED) is 0.524. The fourth-order valence-corrected chi connectivity index (χ4v) is 2.99. The molecule has 0 saturated heterocycles. The summed E-state index contributed by atoms with van der Waals surface area (Å²) in [6.45, 7) is 0. The number of hydrogen-bond donors (Lipinski definition) is 0. The lowest BCUT2D eigenvalue weighted by Crippen LogP contribution is -2.26. The van der Waals surface area contributed by atoms with Gasteiger partial charge in [0.1, 0.15) is 17.2 Å². The maximum atomic E-state index is 12.4. The highest BCUT2D eigenvalue weighted by molar-refractivity contribution is 6.31. The van der Waals surface area contributed by atoms with Gasteiger partial charge in [0.15, 0.2) is 5.58 Å². The lowest BCUT2D eigenvalue weighted by molar-refractivity contribution is -0.137. The monoisotopic (exact) mass is 342 g/mol.